The van der Waals surface area contributed by atoms with Gasteiger partial charge in [0, 0.05) is 6.61 Å². The molecular formula is C18H29BO3. The Hall–Kier alpha value is -0.835. The second-order valence-corrected chi connectivity index (χ2v) is 7.51. The molecular weight excluding hydrogens is 275 g/mol. The van der Waals surface area contributed by atoms with Gasteiger partial charge in [-0.3, -0.25) is 0 Å². The van der Waals surface area contributed by atoms with Gasteiger partial charge in [0.1, 0.15) is 0 Å². The lowest BCUT2D eigenvalue weighted by Gasteiger charge is -2.32. The Kier molecular flexibility index (Phi) is 5.36. The van der Waals surface area contributed by atoms with Crippen molar-refractivity contribution in [3.05, 3.63) is 29.8 Å². The number of aryl methyl sites for hydroxylation is 1. The maximum atomic E-state index is 9.05. The van der Waals surface area contributed by atoms with Crippen LogP contribution >= 0.6 is 0 Å². The van der Waals surface area contributed by atoms with Crippen molar-refractivity contribution >= 4 is 12.6 Å². The average molecular weight is 304 g/mol. The summed E-state index contributed by atoms with van der Waals surface area (Å²) >= 11 is 0. The molecule has 0 aliphatic carbocycles. The molecule has 1 N–H and O–H groups in total. The fourth-order valence-electron chi connectivity index (χ4n) is 2.57. The van der Waals surface area contributed by atoms with E-state index in [4.69, 9.17) is 14.4 Å². The zero-order chi connectivity index (χ0) is 16.4. The number of rotatable bonds is 6. The van der Waals surface area contributed by atoms with Crippen molar-refractivity contribution in [1.29, 1.82) is 0 Å². The van der Waals surface area contributed by atoms with Gasteiger partial charge in [0.25, 0.3) is 0 Å². The molecule has 1 heterocycles. The SMILES string of the molecule is C[C@@H](CO)CCCc1ccc(B2OC(C)(C)C(C)(C)O2)cc1. The molecule has 122 valence electrons. The van der Waals surface area contributed by atoms with E-state index in [0.717, 1.165) is 24.7 Å². The first-order valence-corrected chi connectivity index (χ1v) is 8.30. The summed E-state index contributed by atoms with van der Waals surface area (Å²) in [7, 11) is -0.284. The van der Waals surface area contributed by atoms with Crippen molar-refractivity contribution in [3.8, 4) is 0 Å². The van der Waals surface area contributed by atoms with Crippen molar-refractivity contribution in [1.82, 2.24) is 0 Å². The maximum absolute atomic E-state index is 9.05. The summed E-state index contributed by atoms with van der Waals surface area (Å²) in [6.45, 7) is 10.7. The molecule has 0 bridgehead atoms. The molecule has 0 radical (unpaired) electrons. The predicted molar refractivity (Wildman–Crippen MR) is 91.3 cm³/mol. The second-order valence-electron chi connectivity index (χ2n) is 7.51. The largest absolute Gasteiger partial charge is 0.494 e. The normalized spacial score (nSPS) is 21.1. The molecule has 22 heavy (non-hydrogen) atoms. The molecule has 0 saturated carbocycles. The van der Waals surface area contributed by atoms with E-state index in [2.05, 4.69) is 58.9 Å². The van der Waals surface area contributed by atoms with E-state index in [0.29, 0.717) is 5.92 Å². The smallest absolute Gasteiger partial charge is 0.399 e. The molecule has 1 fully saturated rings. The number of aliphatic hydroxyl groups excluding tert-OH is 1. The van der Waals surface area contributed by atoms with E-state index >= 15 is 0 Å². The lowest BCUT2D eigenvalue weighted by molar-refractivity contribution is 0.00578. The van der Waals surface area contributed by atoms with Crippen LogP contribution in [0.15, 0.2) is 24.3 Å². The molecule has 1 aliphatic heterocycles. The van der Waals surface area contributed by atoms with Crippen LogP contribution in [0, 0.1) is 5.92 Å². The summed E-state index contributed by atoms with van der Waals surface area (Å²) in [5.74, 6) is 0.393. The molecule has 1 atom stereocenters. The van der Waals surface area contributed by atoms with Gasteiger partial charge in [-0.15, -0.1) is 0 Å². The molecule has 1 saturated heterocycles. The van der Waals surface area contributed by atoms with E-state index in [1.54, 1.807) is 0 Å². The number of hydrogen-bond acceptors (Lipinski definition) is 3. The highest BCUT2D eigenvalue weighted by Crippen LogP contribution is 2.36. The molecule has 0 spiro atoms. The fraction of sp³-hybridized carbons (Fsp3) is 0.667. The van der Waals surface area contributed by atoms with Crippen molar-refractivity contribution in [2.45, 2.75) is 65.1 Å². The second kappa shape index (κ2) is 6.73. The number of hydrogen-bond donors (Lipinski definition) is 1. The summed E-state index contributed by atoms with van der Waals surface area (Å²) in [4.78, 5) is 0. The molecule has 1 aliphatic rings. The molecule has 0 unspecified atom stereocenters. The number of aliphatic hydroxyl groups is 1. The lowest BCUT2D eigenvalue weighted by atomic mass is 9.78. The third-order valence-electron chi connectivity index (χ3n) is 4.98. The van der Waals surface area contributed by atoms with Crippen molar-refractivity contribution in [3.63, 3.8) is 0 Å². The van der Waals surface area contributed by atoms with Crippen LogP contribution in [0.2, 0.25) is 0 Å². The van der Waals surface area contributed by atoms with Crippen LogP contribution in [0.5, 0.6) is 0 Å². The maximum Gasteiger partial charge on any atom is 0.494 e. The monoisotopic (exact) mass is 304 g/mol. The van der Waals surface area contributed by atoms with Gasteiger partial charge in [-0.1, -0.05) is 31.2 Å². The zero-order valence-electron chi connectivity index (χ0n) is 14.6. The van der Waals surface area contributed by atoms with E-state index < -0.39 is 0 Å². The van der Waals surface area contributed by atoms with Gasteiger partial charge in [0.2, 0.25) is 0 Å². The van der Waals surface area contributed by atoms with Crippen LogP contribution in [-0.4, -0.2) is 30.0 Å². The molecule has 0 amide bonds. The zero-order valence-corrected chi connectivity index (χ0v) is 14.6. The van der Waals surface area contributed by atoms with Crippen molar-refractivity contribution < 1.29 is 14.4 Å². The van der Waals surface area contributed by atoms with E-state index in [-0.39, 0.29) is 24.9 Å². The lowest BCUT2D eigenvalue weighted by Crippen LogP contribution is -2.41. The average Bonchev–Trinajstić information content (AvgIpc) is 2.68. The van der Waals surface area contributed by atoms with Gasteiger partial charge < -0.3 is 14.4 Å². The highest BCUT2D eigenvalue weighted by molar-refractivity contribution is 6.62. The summed E-state index contributed by atoms with van der Waals surface area (Å²) < 4.78 is 12.1. The Morgan fingerprint density at radius 2 is 1.59 bits per heavy atom. The molecule has 0 aromatic heterocycles. The molecule has 3 nitrogen and oxygen atoms in total. The first kappa shape index (κ1) is 17.5. The van der Waals surface area contributed by atoms with Gasteiger partial charge in [-0.25, -0.2) is 0 Å². The van der Waals surface area contributed by atoms with Crippen molar-refractivity contribution in [2.24, 2.45) is 5.92 Å². The van der Waals surface area contributed by atoms with Gasteiger partial charge in [0.15, 0.2) is 0 Å². The molecule has 1 aromatic rings. The predicted octanol–water partition coefficient (Wildman–Crippen LogP) is 2.94. The summed E-state index contributed by atoms with van der Waals surface area (Å²) in [5, 5.41) is 9.05. The highest BCUT2D eigenvalue weighted by atomic mass is 16.7. The third kappa shape index (κ3) is 3.92. The van der Waals surface area contributed by atoms with E-state index in [9.17, 15) is 0 Å². The Balaban J connectivity index is 1.93. The van der Waals surface area contributed by atoms with Crippen molar-refractivity contribution in [2.75, 3.05) is 6.61 Å². The molecule has 1 aromatic carbocycles. The minimum atomic E-state index is -0.295. The topological polar surface area (TPSA) is 38.7 Å². The van der Waals surface area contributed by atoms with Crippen LogP contribution in [0.4, 0.5) is 0 Å². The van der Waals surface area contributed by atoms with Gasteiger partial charge in [-0.05, 0) is 63.9 Å². The summed E-state index contributed by atoms with van der Waals surface area (Å²) in [6.07, 6.45) is 3.22. The van der Waals surface area contributed by atoms with Crippen LogP contribution in [0.3, 0.4) is 0 Å². The first-order valence-electron chi connectivity index (χ1n) is 8.30. The Morgan fingerprint density at radius 3 is 2.09 bits per heavy atom. The van der Waals surface area contributed by atoms with Gasteiger partial charge >= 0.3 is 7.12 Å². The van der Waals surface area contributed by atoms with E-state index in [1.807, 2.05) is 0 Å². The van der Waals surface area contributed by atoms with Crippen LogP contribution in [-0.2, 0) is 15.7 Å². The Morgan fingerprint density at radius 1 is 1.05 bits per heavy atom. The van der Waals surface area contributed by atoms with Crippen LogP contribution < -0.4 is 5.46 Å². The standard InChI is InChI=1S/C18H29BO3/c1-14(13-20)7-6-8-15-9-11-16(12-10-15)19-21-17(2,3)18(4,5)22-19/h9-12,14,20H,6-8,13H2,1-5H3/t14-/m1/s1. The molecule has 4 heteroatoms. The fourth-order valence-corrected chi connectivity index (χ4v) is 2.57. The highest BCUT2D eigenvalue weighted by Gasteiger charge is 2.51. The minimum Gasteiger partial charge on any atom is -0.399 e. The number of benzene rings is 1. The van der Waals surface area contributed by atoms with Gasteiger partial charge in [0.05, 0.1) is 11.2 Å². The van der Waals surface area contributed by atoms with Crippen LogP contribution in [0.25, 0.3) is 0 Å². The third-order valence-corrected chi connectivity index (χ3v) is 4.98. The summed E-state index contributed by atoms with van der Waals surface area (Å²) in [5.41, 5.74) is 1.81. The Labute approximate surface area is 135 Å². The van der Waals surface area contributed by atoms with Crippen LogP contribution in [0.1, 0.15) is 53.0 Å². The first-order chi connectivity index (χ1) is 10.2. The van der Waals surface area contributed by atoms with Gasteiger partial charge in [-0.2, -0.15) is 0 Å². The van der Waals surface area contributed by atoms with E-state index in [1.165, 1.54) is 5.56 Å². The minimum absolute atomic E-state index is 0.279. The Bertz CT molecular complexity index is 466. The summed E-state index contributed by atoms with van der Waals surface area (Å²) in [6, 6.07) is 8.52. The quantitative estimate of drug-likeness (QED) is 0.821. The molecule has 2 rings (SSSR count).